The maximum Gasteiger partial charge on any atom is 0.335 e. The van der Waals surface area contributed by atoms with Gasteiger partial charge in [-0.05, 0) is 42.8 Å². The van der Waals surface area contributed by atoms with Gasteiger partial charge >= 0.3 is 5.97 Å². The Morgan fingerprint density at radius 2 is 1.46 bits per heavy atom. The Morgan fingerprint density at radius 3 is 2.12 bits per heavy atom. The van der Waals surface area contributed by atoms with Crippen molar-refractivity contribution in [3.63, 3.8) is 0 Å². The van der Waals surface area contributed by atoms with Crippen molar-refractivity contribution in [2.45, 2.75) is 19.5 Å². The van der Waals surface area contributed by atoms with E-state index in [1.54, 1.807) is 12.1 Å². The fourth-order valence-corrected chi connectivity index (χ4v) is 3.24. The fraction of sp³-hybridized carbons (Fsp3) is 0.350. The van der Waals surface area contributed by atoms with Crippen LogP contribution in [0.15, 0.2) is 54.6 Å². The summed E-state index contributed by atoms with van der Waals surface area (Å²) in [5, 5.41) is 9.11. The van der Waals surface area contributed by atoms with E-state index < -0.39 is 5.97 Å². The second-order valence-corrected chi connectivity index (χ2v) is 6.40. The Morgan fingerprint density at radius 1 is 0.833 bits per heavy atom. The largest absolute Gasteiger partial charge is 0.478 e. The van der Waals surface area contributed by atoms with Crippen molar-refractivity contribution in [3.05, 3.63) is 71.3 Å². The molecule has 1 fully saturated rings. The second kappa shape index (κ2) is 8.08. The monoisotopic (exact) mass is 324 g/mol. The topological polar surface area (TPSA) is 43.8 Å². The zero-order valence-corrected chi connectivity index (χ0v) is 13.9. The molecule has 0 bridgehead atoms. The van der Waals surface area contributed by atoms with Crippen LogP contribution in [0.2, 0.25) is 0 Å². The van der Waals surface area contributed by atoms with Crippen LogP contribution in [0.5, 0.6) is 0 Å². The lowest BCUT2D eigenvalue weighted by molar-refractivity contribution is 0.0696. The van der Waals surface area contributed by atoms with Gasteiger partial charge in [-0.1, -0.05) is 42.5 Å². The Hall–Kier alpha value is -2.17. The van der Waals surface area contributed by atoms with Crippen LogP contribution in [0.4, 0.5) is 0 Å². The molecule has 0 spiro atoms. The van der Waals surface area contributed by atoms with Gasteiger partial charge in [0.05, 0.1) is 5.56 Å². The molecule has 1 N–H and O–H groups in total. The molecule has 1 aliphatic rings. The van der Waals surface area contributed by atoms with E-state index in [9.17, 15) is 4.79 Å². The molecular formula is C20H24N2O2. The number of hydrogen-bond donors (Lipinski definition) is 1. The molecule has 0 aliphatic carbocycles. The number of benzene rings is 2. The van der Waals surface area contributed by atoms with Crippen molar-refractivity contribution in [1.29, 1.82) is 0 Å². The Bertz CT molecular complexity index is 672. The number of rotatable bonds is 5. The summed E-state index contributed by atoms with van der Waals surface area (Å²) in [5.74, 6) is -0.859. The van der Waals surface area contributed by atoms with Gasteiger partial charge in [0, 0.05) is 26.2 Å². The average molecular weight is 324 g/mol. The van der Waals surface area contributed by atoms with Gasteiger partial charge in [0.1, 0.15) is 0 Å². The highest BCUT2D eigenvalue weighted by Crippen LogP contribution is 2.13. The number of carboxylic acid groups (broad SMARTS) is 1. The highest BCUT2D eigenvalue weighted by Gasteiger charge is 2.15. The van der Waals surface area contributed by atoms with Crippen molar-refractivity contribution in [1.82, 2.24) is 9.80 Å². The molecule has 2 aromatic carbocycles. The predicted molar refractivity (Wildman–Crippen MR) is 95.0 cm³/mol. The van der Waals surface area contributed by atoms with Gasteiger partial charge in [-0.2, -0.15) is 0 Å². The Balaban J connectivity index is 1.55. The first-order valence-corrected chi connectivity index (χ1v) is 8.51. The molecule has 24 heavy (non-hydrogen) atoms. The van der Waals surface area contributed by atoms with E-state index in [0.717, 1.165) is 51.3 Å². The maximum absolute atomic E-state index is 11.1. The van der Waals surface area contributed by atoms with E-state index in [1.807, 2.05) is 12.1 Å². The molecular weight excluding hydrogens is 300 g/mol. The van der Waals surface area contributed by atoms with Crippen LogP contribution >= 0.6 is 0 Å². The first-order valence-electron chi connectivity index (χ1n) is 8.51. The SMILES string of the molecule is O=C(O)c1cccc(CN2CCCN(Cc3ccccc3)CC2)c1. The number of hydrogen-bond acceptors (Lipinski definition) is 3. The normalized spacial score (nSPS) is 16.7. The van der Waals surface area contributed by atoms with E-state index in [2.05, 4.69) is 40.1 Å². The fourth-order valence-electron chi connectivity index (χ4n) is 3.24. The zero-order chi connectivity index (χ0) is 16.8. The minimum atomic E-state index is -0.859. The lowest BCUT2D eigenvalue weighted by atomic mass is 10.1. The third-order valence-corrected chi connectivity index (χ3v) is 4.51. The summed E-state index contributed by atoms with van der Waals surface area (Å²) in [6, 6.07) is 17.9. The van der Waals surface area contributed by atoms with Gasteiger partial charge in [0.2, 0.25) is 0 Å². The van der Waals surface area contributed by atoms with Gasteiger partial charge < -0.3 is 5.11 Å². The summed E-state index contributed by atoms with van der Waals surface area (Å²) in [5.41, 5.74) is 2.81. The van der Waals surface area contributed by atoms with Crippen molar-refractivity contribution in [3.8, 4) is 0 Å². The van der Waals surface area contributed by atoms with Crippen LogP contribution in [0.1, 0.15) is 27.9 Å². The van der Waals surface area contributed by atoms with E-state index in [0.29, 0.717) is 5.56 Å². The first-order chi connectivity index (χ1) is 11.7. The van der Waals surface area contributed by atoms with Crippen LogP contribution in [0.3, 0.4) is 0 Å². The highest BCUT2D eigenvalue weighted by molar-refractivity contribution is 5.87. The number of carboxylic acids is 1. The first kappa shape index (κ1) is 16.7. The van der Waals surface area contributed by atoms with Crippen LogP contribution in [0.25, 0.3) is 0 Å². The molecule has 1 saturated heterocycles. The number of carbonyl (C=O) groups is 1. The van der Waals surface area contributed by atoms with Crippen molar-refractivity contribution in [2.75, 3.05) is 26.2 Å². The molecule has 1 aliphatic heterocycles. The summed E-state index contributed by atoms with van der Waals surface area (Å²) in [7, 11) is 0. The van der Waals surface area contributed by atoms with Gasteiger partial charge in [0.25, 0.3) is 0 Å². The third kappa shape index (κ3) is 4.66. The van der Waals surface area contributed by atoms with Gasteiger partial charge in [-0.15, -0.1) is 0 Å². The quantitative estimate of drug-likeness (QED) is 0.918. The Labute approximate surface area is 143 Å². The van der Waals surface area contributed by atoms with E-state index in [4.69, 9.17) is 5.11 Å². The number of aromatic carboxylic acids is 1. The summed E-state index contributed by atoms with van der Waals surface area (Å²) in [6.07, 6.45) is 1.14. The van der Waals surface area contributed by atoms with E-state index in [-0.39, 0.29) is 0 Å². The molecule has 0 saturated carbocycles. The highest BCUT2D eigenvalue weighted by atomic mass is 16.4. The standard InChI is InChI=1S/C20H24N2O2/c23-20(24)19-9-4-8-18(14-19)16-22-11-5-10-21(12-13-22)15-17-6-2-1-3-7-17/h1-4,6-9,14H,5,10-13,15-16H2,(H,23,24). The van der Waals surface area contributed by atoms with Gasteiger partial charge in [0.15, 0.2) is 0 Å². The molecule has 0 atom stereocenters. The van der Waals surface area contributed by atoms with Crippen LogP contribution in [-0.4, -0.2) is 47.1 Å². The molecule has 1 heterocycles. The van der Waals surface area contributed by atoms with Crippen molar-refractivity contribution in [2.24, 2.45) is 0 Å². The maximum atomic E-state index is 11.1. The molecule has 0 radical (unpaired) electrons. The lowest BCUT2D eigenvalue weighted by Gasteiger charge is -2.22. The van der Waals surface area contributed by atoms with Crippen LogP contribution in [0, 0.1) is 0 Å². The van der Waals surface area contributed by atoms with Gasteiger partial charge in [-0.25, -0.2) is 4.79 Å². The van der Waals surface area contributed by atoms with E-state index in [1.165, 1.54) is 5.56 Å². The summed E-state index contributed by atoms with van der Waals surface area (Å²) in [6.45, 7) is 6.06. The average Bonchev–Trinajstić information content (AvgIpc) is 2.81. The summed E-state index contributed by atoms with van der Waals surface area (Å²) in [4.78, 5) is 16.0. The molecule has 3 rings (SSSR count). The van der Waals surface area contributed by atoms with Crippen LogP contribution < -0.4 is 0 Å². The van der Waals surface area contributed by atoms with Crippen LogP contribution in [-0.2, 0) is 13.1 Å². The zero-order valence-electron chi connectivity index (χ0n) is 13.9. The molecule has 0 unspecified atom stereocenters. The van der Waals surface area contributed by atoms with E-state index >= 15 is 0 Å². The molecule has 0 amide bonds. The lowest BCUT2D eigenvalue weighted by Crippen LogP contribution is -2.30. The molecule has 126 valence electrons. The van der Waals surface area contributed by atoms with Crippen molar-refractivity contribution < 1.29 is 9.90 Å². The number of nitrogens with zero attached hydrogens (tertiary/aromatic N) is 2. The molecule has 0 aromatic heterocycles. The predicted octanol–water partition coefficient (Wildman–Crippen LogP) is 3.09. The minimum Gasteiger partial charge on any atom is -0.478 e. The third-order valence-electron chi connectivity index (χ3n) is 4.51. The Kier molecular flexibility index (Phi) is 5.62. The second-order valence-electron chi connectivity index (χ2n) is 6.40. The molecule has 4 nitrogen and oxygen atoms in total. The summed E-state index contributed by atoms with van der Waals surface area (Å²) >= 11 is 0. The molecule has 4 heteroatoms. The van der Waals surface area contributed by atoms with Crippen molar-refractivity contribution >= 4 is 5.97 Å². The smallest absolute Gasteiger partial charge is 0.335 e. The minimum absolute atomic E-state index is 0.369. The molecule has 2 aromatic rings. The summed E-state index contributed by atoms with van der Waals surface area (Å²) < 4.78 is 0. The van der Waals surface area contributed by atoms with Gasteiger partial charge in [-0.3, -0.25) is 9.80 Å².